The van der Waals surface area contributed by atoms with Crippen LogP contribution in [0.2, 0.25) is 0 Å². The van der Waals surface area contributed by atoms with E-state index >= 15 is 0 Å². The van der Waals surface area contributed by atoms with Crippen molar-refractivity contribution in [2.45, 2.75) is 6.42 Å². The molecule has 0 aliphatic carbocycles. The van der Waals surface area contributed by atoms with Crippen molar-refractivity contribution in [3.63, 3.8) is 0 Å². The minimum absolute atomic E-state index is 0.199. The molecular formula is C14H18N2O3. The Balaban J connectivity index is 1.79. The van der Waals surface area contributed by atoms with Gasteiger partial charge in [0.15, 0.2) is 5.76 Å². The van der Waals surface area contributed by atoms with Gasteiger partial charge in [-0.05, 0) is 18.6 Å². The van der Waals surface area contributed by atoms with Crippen LogP contribution in [0.25, 0.3) is 11.0 Å². The molecule has 0 bridgehead atoms. The van der Waals surface area contributed by atoms with Crippen LogP contribution in [0.1, 0.15) is 17.0 Å². The summed E-state index contributed by atoms with van der Waals surface area (Å²) in [5.41, 5.74) is 6.02. The summed E-state index contributed by atoms with van der Waals surface area (Å²) in [5, 5.41) is 3.72. The first-order valence-electron chi connectivity index (χ1n) is 6.36. The summed E-state index contributed by atoms with van der Waals surface area (Å²) < 4.78 is 10.7. The molecule has 3 N–H and O–H groups in total. The number of furan rings is 1. The molecule has 0 aliphatic rings. The predicted octanol–water partition coefficient (Wildman–Crippen LogP) is 1.53. The smallest absolute Gasteiger partial charge is 0.287 e. The third kappa shape index (κ3) is 3.81. The molecule has 19 heavy (non-hydrogen) atoms. The number of hydrogen-bond donors (Lipinski definition) is 2. The molecule has 1 aromatic heterocycles. The number of rotatable bonds is 7. The van der Waals surface area contributed by atoms with Crippen molar-refractivity contribution in [3.05, 3.63) is 36.1 Å². The summed E-state index contributed by atoms with van der Waals surface area (Å²) in [6.45, 7) is 2.22. The fourth-order valence-corrected chi connectivity index (χ4v) is 1.74. The Labute approximate surface area is 111 Å². The molecule has 5 nitrogen and oxygen atoms in total. The monoisotopic (exact) mass is 262 g/mol. The molecule has 2 rings (SSSR count). The van der Waals surface area contributed by atoms with E-state index in [9.17, 15) is 4.79 Å². The van der Waals surface area contributed by atoms with Crippen LogP contribution in [0.15, 0.2) is 34.7 Å². The van der Waals surface area contributed by atoms with Gasteiger partial charge in [-0.25, -0.2) is 0 Å². The average molecular weight is 262 g/mol. The van der Waals surface area contributed by atoms with Gasteiger partial charge in [-0.1, -0.05) is 18.2 Å². The van der Waals surface area contributed by atoms with Gasteiger partial charge in [0.05, 0.1) is 6.61 Å². The minimum atomic E-state index is -0.199. The van der Waals surface area contributed by atoms with Crippen molar-refractivity contribution >= 4 is 16.9 Å². The van der Waals surface area contributed by atoms with Gasteiger partial charge in [0, 0.05) is 25.1 Å². The summed E-state index contributed by atoms with van der Waals surface area (Å²) in [7, 11) is 0. The number of nitrogens with two attached hydrogens (primary N) is 1. The van der Waals surface area contributed by atoms with Crippen molar-refractivity contribution < 1.29 is 13.9 Å². The van der Waals surface area contributed by atoms with E-state index in [2.05, 4.69) is 5.32 Å². The van der Waals surface area contributed by atoms with E-state index in [-0.39, 0.29) is 5.91 Å². The number of para-hydroxylation sites is 1. The molecule has 1 heterocycles. The first-order chi connectivity index (χ1) is 9.31. The molecule has 0 atom stereocenters. The Hall–Kier alpha value is -1.85. The summed E-state index contributed by atoms with van der Waals surface area (Å²) in [5.74, 6) is 0.138. The molecule has 2 aromatic rings. The number of amides is 1. The van der Waals surface area contributed by atoms with Crippen LogP contribution in [-0.4, -0.2) is 32.2 Å². The number of fused-ring (bicyclic) bond motifs is 1. The lowest BCUT2D eigenvalue weighted by molar-refractivity contribution is 0.0918. The molecule has 0 saturated heterocycles. The van der Waals surface area contributed by atoms with Gasteiger partial charge in [0.1, 0.15) is 5.58 Å². The zero-order valence-corrected chi connectivity index (χ0v) is 10.7. The van der Waals surface area contributed by atoms with Gasteiger partial charge in [-0.15, -0.1) is 0 Å². The van der Waals surface area contributed by atoms with Crippen LogP contribution in [0.3, 0.4) is 0 Å². The van der Waals surface area contributed by atoms with E-state index in [4.69, 9.17) is 14.9 Å². The lowest BCUT2D eigenvalue weighted by Gasteiger charge is -2.03. The number of nitrogens with one attached hydrogen (secondary N) is 1. The van der Waals surface area contributed by atoms with Crippen LogP contribution >= 0.6 is 0 Å². The third-order valence-corrected chi connectivity index (χ3v) is 2.66. The Morgan fingerprint density at radius 3 is 2.95 bits per heavy atom. The van der Waals surface area contributed by atoms with Crippen LogP contribution < -0.4 is 11.1 Å². The second kappa shape index (κ2) is 6.92. The van der Waals surface area contributed by atoms with E-state index in [1.165, 1.54) is 0 Å². The minimum Gasteiger partial charge on any atom is -0.451 e. The van der Waals surface area contributed by atoms with Gasteiger partial charge in [-0.2, -0.15) is 0 Å². The van der Waals surface area contributed by atoms with Gasteiger partial charge < -0.3 is 20.2 Å². The normalized spacial score (nSPS) is 10.8. The largest absolute Gasteiger partial charge is 0.451 e. The van der Waals surface area contributed by atoms with Crippen molar-refractivity contribution in [1.29, 1.82) is 0 Å². The highest BCUT2D eigenvalue weighted by Crippen LogP contribution is 2.18. The zero-order valence-electron chi connectivity index (χ0n) is 10.7. The van der Waals surface area contributed by atoms with Gasteiger partial charge >= 0.3 is 0 Å². The summed E-state index contributed by atoms with van der Waals surface area (Å²) in [6.07, 6.45) is 0.756. The molecule has 5 heteroatoms. The number of hydrogen-bond acceptors (Lipinski definition) is 4. The first-order valence-corrected chi connectivity index (χ1v) is 6.36. The molecule has 0 unspecified atom stereocenters. The topological polar surface area (TPSA) is 77.5 Å². The predicted molar refractivity (Wildman–Crippen MR) is 73.0 cm³/mol. The molecule has 102 valence electrons. The van der Waals surface area contributed by atoms with Crippen LogP contribution in [0.4, 0.5) is 0 Å². The molecule has 0 fully saturated rings. The van der Waals surface area contributed by atoms with E-state index in [0.29, 0.717) is 32.1 Å². The maximum Gasteiger partial charge on any atom is 0.287 e. The molecule has 0 aliphatic heterocycles. The molecule has 0 saturated carbocycles. The molecular weight excluding hydrogens is 244 g/mol. The van der Waals surface area contributed by atoms with E-state index in [1.807, 2.05) is 24.3 Å². The quantitative estimate of drug-likeness (QED) is 0.742. The van der Waals surface area contributed by atoms with Crippen LogP contribution in [0.5, 0.6) is 0 Å². The Kier molecular flexibility index (Phi) is 4.94. The Morgan fingerprint density at radius 1 is 1.32 bits per heavy atom. The number of benzene rings is 1. The fourth-order valence-electron chi connectivity index (χ4n) is 1.74. The standard InChI is InChI=1S/C14H18N2O3/c15-6-9-18-8-3-7-16-14(17)13-10-11-4-1-2-5-12(11)19-13/h1-2,4-5,10H,3,6-9,15H2,(H,16,17). The average Bonchev–Trinajstić information content (AvgIpc) is 2.86. The van der Waals surface area contributed by atoms with E-state index in [0.717, 1.165) is 17.4 Å². The van der Waals surface area contributed by atoms with E-state index in [1.54, 1.807) is 6.07 Å². The maximum absolute atomic E-state index is 11.8. The van der Waals surface area contributed by atoms with Crippen molar-refractivity contribution in [2.75, 3.05) is 26.3 Å². The van der Waals surface area contributed by atoms with Crippen molar-refractivity contribution in [2.24, 2.45) is 5.73 Å². The van der Waals surface area contributed by atoms with Crippen molar-refractivity contribution in [3.8, 4) is 0 Å². The summed E-state index contributed by atoms with van der Waals surface area (Å²) >= 11 is 0. The summed E-state index contributed by atoms with van der Waals surface area (Å²) in [6, 6.07) is 9.29. The van der Waals surface area contributed by atoms with Gasteiger partial charge in [0.25, 0.3) is 5.91 Å². The lowest BCUT2D eigenvalue weighted by Crippen LogP contribution is -2.25. The Morgan fingerprint density at radius 2 is 2.16 bits per heavy atom. The number of ether oxygens (including phenoxy) is 1. The van der Waals surface area contributed by atoms with Crippen LogP contribution in [-0.2, 0) is 4.74 Å². The highest BCUT2D eigenvalue weighted by atomic mass is 16.5. The SMILES string of the molecule is NCCOCCCNC(=O)c1cc2ccccc2o1. The summed E-state index contributed by atoms with van der Waals surface area (Å²) in [4.78, 5) is 11.8. The second-order valence-electron chi connectivity index (χ2n) is 4.16. The first kappa shape index (κ1) is 13.6. The highest BCUT2D eigenvalue weighted by molar-refractivity contribution is 5.95. The van der Waals surface area contributed by atoms with Gasteiger partial charge in [0.2, 0.25) is 0 Å². The third-order valence-electron chi connectivity index (χ3n) is 2.66. The zero-order chi connectivity index (χ0) is 13.5. The van der Waals surface area contributed by atoms with Crippen molar-refractivity contribution in [1.82, 2.24) is 5.32 Å². The maximum atomic E-state index is 11.8. The number of carbonyl (C=O) groups excluding carboxylic acids is 1. The molecule has 0 spiro atoms. The number of carbonyl (C=O) groups is 1. The second-order valence-corrected chi connectivity index (χ2v) is 4.16. The van der Waals surface area contributed by atoms with Crippen LogP contribution in [0, 0.1) is 0 Å². The van der Waals surface area contributed by atoms with Gasteiger partial charge in [-0.3, -0.25) is 4.79 Å². The highest BCUT2D eigenvalue weighted by Gasteiger charge is 2.10. The fraction of sp³-hybridized carbons (Fsp3) is 0.357. The molecule has 1 aromatic carbocycles. The molecule has 1 amide bonds. The molecule has 0 radical (unpaired) electrons. The lowest BCUT2D eigenvalue weighted by atomic mass is 10.2. The van der Waals surface area contributed by atoms with E-state index < -0.39 is 0 Å². The Bertz CT molecular complexity index is 503.